The number of hydrogen-bond donors (Lipinski definition) is 3. The van der Waals surface area contributed by atoms with Gasteiger partial charge in [0, 0.05) is 12.5 Å². The Kier molecular flexibility index (Phi) is 5.26. The molecule has 6 heteroatoms. The summed E-state index contributed by atoms with van der Waals surface area (Å²) in [5.41, 5.74) is 11.0. The van der Waals surface area contributed by atoms with Gasteiger partial charge in [-0.05, 0) is 18.9 Å². The molecule has 0 aliphatic carbocycles. The van der Waals surface area contributed by atoms with Gasteiger partial charge in [-0.2, -0.15) is 0 Å². The van der Waals surface area contributed by atoms with E-state index in [9.17, 15) is 9.59 Å². The molecule has 0 saturated carbocycles. The third-order valence-electron chi connectivity index (χ3n) is 2.64. The molecule has 0 aromatic carbocycles. The highest BCUT2D eigenvalue weighted by molar-refractivity contribution is 5.92. The third-order valence-corrected chi connectivity index (χ3v) is 2.64. The molecular weight excluding hydrogens is 234 g/mol. The Bertz CT molecular complexity index is 434. The number of hydrogen-bond acceptors (Lipinski definition) is 3. The van der Waals surface area contributed by atoms with E-state index in [4.69, 9.17) is 16.6 Å². The quantitative estimate of drug-likeness (QED) is 0.455. The van der Waals surface area contributed by atoms with Gasteiger partial charge in [0.05, 0.1) is 0 Å². The van der Waals surface area contributed by atoms with Crippen LogP contribution in [-0.4, -0.2) is 23.0 Å². The molecular formula is C12H18N3O3+. The van der Waals surface area contributed by atoms with Crippen molar-refractivity contribution < 1.29 is 19.3 Å². The van der Waals surface area contributed by atoms with Crippen LogP contribution in [0.25, 0.3) is 0 Å². The van der Waals surface area contributed by atoms with Crippen LogP contribution in [0, 0.1) is 0 Å². The SMILES string of the molecule is NC(=O)c1ccc[n+](CCCC[C@H](N)C(=O)O)c1. The predicted octanol–water partition coefficient (Wildman–Crippen LogP) is -0.345. The van der Waals surface area contributed by atoms with Crippen molar-refractivity contribution in [3.63, 3.8) is 0 Å². The van der Waals surface area contributed by atoms with Crippen molar-refractivity contribution in [1.29, 1.82) is 0 Å². The maximum atomic E-state index is 11.0. The van der Waals surface area contributed by atoms with E-state index in [1.807, 2.05) is 10.8 Å². The second-order valence-electron chi connectivity index (χ2n) is 4.14. The topological polar surface area (TPSA) is 110 Å². The number of nitrogens with zero attached hydrogens (tertiary/aromatic N) is 1. The fourth-order valence-electron chi connectivity index (χ4n) is 1.59. The smallest absolute Gasteiger partial charge is 0.320 e. The summed E-state index contributed by atoms with van der Waals surface area (Å²) in [6.07, 6.45) is 5.49. The van der Waals surface area contributed by atoms with Crippen LogP contribution in [0.4, 0.5) is 0 Å². The zero-order chi connectivity index (χ0) is 13.5. The van der Waals surface area contributed by atoms with E-state index in [1.165, 1.54) is 0 Å². The maximum absolute atomic E-state index is 11.0. The van der Waals surface area contributed by atoms with Crippen molar-refractivity contribution in [3.8, 4) is 0 Å². The summed E-state index contributed by atoms with van der Waals surface area (Å²) < 4.78 is 1.85. The average Bonchev–Trinajstić information content (AvgIpc) is 2.34. The second kappa shape index (κ2) is 6.70. The van der Waals surface area contributed by atoms with E-state index in [-0.39, 0.29) is 0 Å². The van der Waals surface area contributed by atoms with Crippen molar-refractivity contribution in [1.82, 2.24) is 0 Å². The maximum Gasteiger partial charge on any atom is 0.320 e. The number of carboxylic acids is 1. The number of aryl methyl sites for hydroxylation is 1. The zero-order valence-electron chi connectivity index (χ0n) is 10.1. The Labute approximate surface area is 105 Å². The van der Waals surface area contributed by atoms with E-state index in [0.29, 0.717) is 18.5 Å². The first kappa shape index (κ1) is 14.1. The number of carbonyl (C=O) groups excluding carboxylic acids is 1. The molecule has 0 spiro atoms. The lowest BCUT2D eigenvalue weighted by atomic mass is 10.1. The molecule has 0 radical (unpaired) electrons. The van der Waals surface area contributed by atoms with E-state index < -0.39 is 17.9 Å². The van der Waals surface area contributed by atoms with Crippen LogP contribution in [0.5, 0.6) is 0 Å². The standard InChI is InChI=1S/C12H17N3O3/c13-10(12(17)18)5-1-2-6-15-7-3-4-9(8-15)11(14)16/h3-4,7-8,10H,1-2,5-6,13H2,(H2-,14,16,17,18)/p+1/t10-/m0/s1. The van der Waals surface area contributed by atoms with E-state index in [1.54, 1.807) is 18.3 Å². The first-order valence-electron chi connectivity index (χ1n) is 5.78. The number of unbranched alkanes of at least 4 members (excludes halogenated alkanes) is 1. The molecule has 0 saturated heterocycles. The van der Waals surface area contributed by atoms with Gasteiger partial charge >= 0.3 is 5.97 Å². The van der Waals surface area contributed by atoms with Gasteiger partial charge in [0.15, 0.2) is 12.4 Å². The lowest BCUT2D eigenvalue weighted by Gasteiger charge is -2.04. The predicted molar refractivity (Wildman–Crippen MR) is 64.6 cm³/mol. The fraction of sp³-hybridized carbons (Fsp3) is 0.417. The van der Waals surface area contributed by atoms with Crippen LogP contribution in [0.3, 0.4) is 0 Å². The van der Waals surface area contributed by atoms with Crippen molar-refractivity contribution in [2.45, 2.75) is 31.8 Å². The van der Waals surface area contributed by atoms with Gasteiger partial charge in [-0.25, -0.2) is 4.57 Å². The highest BCUT2D eigenvalue weighted by Crippen LogP contribution is 2.00. The summed E-state index contributed by atoms with van der Waals surface area (Å²) in [4.78, 5) is 21.5. The summed E-state index contributed by atoms with van der Waals surface area (Å²) >= 11 is 0. The van der Waals surface area contributed by atoms with Gasteiger partial charge in [-0.3, -0.25) is 9.59 Å². The zero-order valence-corrected chi connectivity index (χ0v) is 10.1. The van der Waals surface area contributed by atoms with E-state index in [0.717, 1.165) is 12.8 Å². The molecule has 5 N–H and O–H groups in total. The minimum Gasteiger partial charge on any atom is -0.480 e. The van der Waals surface area contributed by atoms with Gasteiger partial charge in [-0.15, -0.1) is 0 Å². The summed E-state index contributed by atoms with van der Waals surface area (Å²) in [7, 11) is 0. The lowest BCUT2D eigenvalue weighted by Crippen LogP contribution is -2.35. The Morgan fingerprint density at radius 2 is 2.11 bits per heavy atom. The van der Waals surface area contributed by atoms with Gasteiger partial charge in [0.2, 0.25) is 0 Å². The van der Waals surface area contributed by atoms with Crippen LogP contribution in [0.1, 0.15) is 29.6 Å². The molecule has 0 aliphatic heterocycles. The first-order valence-corrected chi connectivity index (χ1v) is 5.78. The highest BCUT2D eigenvalue weighted by atomic mass is 16.4. The van der Waals surface area contributed by atoms with Crippen LogP contribution >= 0.6 is 0 Å². The molecule has 0 bridgehead atoms. The molecule has 1 rings (SSSR count). The van der Waals surface area contributed by atoms with Gasteiger partial charge in [-0.1, -0.05) is 0 Å². The van der Waals surface area contributed by atoms with Gasteiger partial charge in [0.1, 0.15) is 18.2 Å². The summed E-state index contributed by atoms with van der Waals surface area (Å²) in [6, 6.07) is 2.61. The number of carboxylic acid groups (broad SMARTS) is 1. The first-order chi connectivity index (χ1) is 8.50. The molecule has 0 unspecified atom stereocenters. The second-order valence-corrected chi connectivity index (χ2v) is 4.14. The minimum absolute atomic E-state index is 0.450. The molecule has 1 heterocycles. The fourth-order valence-corrected chi connectivity index (χ4v) is 1.59. The number of nitrogens with two attached hydrogens (primary N) is 2. The molecule has 1 aromatic heterocycles. The minimum atomic E-state index is -0.974. The Balaban J connectivity index is 2.38. The van der Waals surface area contributed by atoms with Crippen LogP contribution in [0.2, 0.25) is 0 Å². The van der Waals surface area contributed by atoms with Gasteiger partial charge < -0.3 is 16.6 Å². The summed E-state index contributed by atoms with van der Waals surface area (Å²) in [5, 5.41) is 8.61. The van der Waals surface area contributed by atoms with Crippen molar-refractivity contribution in [3.05, 3.63) is 30.1 Å². The highest BCUT2D eigenvalue weighted by Gasteiger charge is 2.11. The number of pyridine rings is 1. The molecule has 18 heavy (non-hydrogen) atoms. The summed E-state index contributed by atoms with van der Waals surface area (Å²) in [5.74, 6) is -1.43. The average molecular weight is 252 g/mol. The molecule has 1 aromatic rings. The molecule has 98 valence electrons. The van der Waals surface area contributed by atoms with Crippen LogP contribution in [0.15, 0.2) is 24.5 Å². The van der Waals surface area contributed by atoms with Crippen LogP contribution < -0.4 is 16.0 Å². The number of aromatic nitrogens is 1. The summed E-state index contributed by atoms with van der Waals surface area (Å²) in [6.45, 7) is 0.702. The number of aliphatic carboxylic acids is 1. The number of primary amides is 1. The van der Waals surface area contributed by atoms with Crippen molar-refractivity contribution in [2.24, 2.45) is 11.5 Å². The normalized spacial score (nSPS) is 12.1. The van der Waals surface area contributed by atoms with E-state index in [2.05, 4.69) is 0 Å². The van der Waals surface area contributed by atoms with Crippen LogP contribution in [-0.2, 0) is 11.3 Å². The molecule has 6 nitrogen and oxygen atoms in total. The van der Waals surface area contributed by atoms with Crippen molar-refractivity contribution in [2.75, 3.05) is 0 Å². The monoisotopic (exact) mass is 252 g/mol. The van der Waals surface area contributed by atoms with Crippen molar-refractivity contribution >= 4 is 11.9 Å². The molecule has 1 atom stereocenters. The number of carbonyl (C=O) groups is 2. The number of rotatable bonds is 7. The Morgan fingerprint density at radius 3 is 2.72 bits per heavy atom. The van der Waals surface area contributed by atoms with E-state index >= 15 is 0 Å². The third kappa shape index (κ3) is 4.50. The van der Waals surface area contributed by atoms with Gasteiger partial charge in [0.25, 0.3) is 5.91 Å². The largest absolute Gasteiger partial charge is 0.480 e. The molecule has 0 aliphatic rings. The Hall–Kier alpha value is -1.95. The molecule has 1 amide bonds. The molecule has 0 fully saturated rings. The lowest BCUT2D eigenvalue weighted by molar-refractivity contribution is -0.697. The number of amides is 1. The Morgan fingerprint density at radius 1 is 1.39 bits per heavy atom.